The molecule has 2 aromatic heterocycles. The lowest BCUT2D eigenvalue weighted by Crippen LogP contribution is -2.32. The minimum absolute atomic E-state index is 0.150. The zero-order chi connectivity index (χ0) is 17.6. The molecular weight excluding hydrogens is 322 g/mol. The molecule has 0 spiro atoms. The van der Waals surface area contributed by atoms with E-state index < -0.39 is 0 Å². The summed E-state index contributed by atoms with van der Waals surface area (Å²) in [5.41, 5.74) is 0.248. The standard InChI is InChI=1S/C17H17N5O3/c23-15(18-9-11-22-16(24)6-3-8-20-22)7-10-21-12-19-14-5-2-1-4-13(14)17(21)25/h1-6,8,12H,7,9-11H2,(H,18,23). The van der Waals surface area contributed by atoms with Crippen molar-refractivity contribution in [2.24, 2.45) is 0 Å². The van der Waals surface area contributed by atoms with Crippen molar-refractivity contribution >= 4 is 16.8 Å². The van der Waals surface area contributed by atoms with Crippen LogP contribution >= 0.6 is 0 Å². The summed E-state index contributed by atoms with van der Waals surface area (Å²) >= 11 is 0. The third kappa shape index (κ3) is 3.97. The van der Waals surface area contributed by atoms with Gasteiger partial charge in [0.15, 0.2) is 0 Å². The van der Waals surface area contributed by atoms with Gasteiger partial charge in [-0.2, -0.15) is 5.10 Å². The lowest BCUT2D eigenvalue weighted by atomic mass is 10.2. The smallest absolute Gasteiger partial charge is 0.266 e. The topological polar surface area (TPSA) is 98.9 Å². The van der Waals surface area contributed by atoms with Crippen LogP contribution in [0.4, 0.5) is 0 Å². The maximum Gasteiger partial charge on any atom is 0.266 e. The van der Waals surface area contributed by atoms with Gasteiger partial charge in [0.05, 0.1) is 23.8 Å². The van der Waals surface area contributed by atoms with E-state index in [1.807, 2.05) is 6.07 Å². The van der Waals surface area contributed by atoms with Crippen molar-refractivity contribution in [3.05, 3.63) is 69.6 Å². The van der Waals surface area contributed by atoms with Gasteiger partial charge in [-0.05, 0) is 18.2 Å². The number of carbonyl (C=O) groups excluding carboxylic acids is 1. The monoisotopic (exact) mass is 339 g/mol. The molecule has 0 bridgehead atoms. The number of aryl methyl sites for hydroxylation is 1. The van der Waals surface area contributed by atoms with Crippen LogP contribution in [0.25, 0.3) is 10.9 Å². The number of hydrogen-bond donors (Lipinski definition) is 1. The SMILES string of the molecule is O=C(CCn1cnc2ccccc2c1=O)NCCn1ncccc1=O. The van der Waals surface area contributed by atoms with Crippen molar-refractivity contribution in [2.45, 2.75) is 19.5 Å². The Kier molecular flexibility index (Phi) is 4.98. The highest BCUT2D eigenvalue weighted by molar-refractivity contribution is 5.77. The van der Waals surface area contributed by atoms with Crippen LogP contribution in [0, 0.1) is 0 Å². The van der Waals surface area contributed by atoms with Gasteiger partial charge in [0.25, 0.3) is 11.1 Å². The van der Waals surface area contributed by atoms with Gasteiger partial charge < -0.3 is 5.32 Å². The number of hydrogen-bond acceptors (Lipinski definition) is 5. The molecule has 128 valence electrons. The van der Waals surface area contributed by atoms with Crippen LogP contribution in [0.2, 0.25) is 0 Å². The fraction of sp³-hybridized carbons (Fsp3) is 0.235. The average Bonchev–Trinajstić information content (AvgIpc) is 2.63. The Bertz CT molecular complexity index is 1010. The molecule has 0 radical (unpaired) electrons. The Morgan fingerprint density at radius 2 is 1.92 bits per heavy atom. The molecule has 0 atom stereocenters. The quantitative estimate of drug-likeness (QED) is 0.690. The predicted octanol–water partition coefficient (Wildman–Crippen LogP) is 0.160. The van der Waals surface area contributed by atoms with Crippen LogP contribution in [0.3, 0.4) is 0 Å². The number of aromatic nitrogens is 4. The second-order valence-electron chi connectivity index (χ2n) is 5.45. The lowest BCUT2D eigenvalue weighted by Gasteiger charge is -2.08. The van der Waals surface area contributed by atoms with E-state index in [9.17, 15) is 14.4 Å². The molecule has 2 heterocycles. The van der Waals surface area contributed by atoms with Crippen LogP contribution in [-0.4, -0.2) is 31.8 Å². The second kappa shape index (κ2) is 7.52. The fourth-order valence-electron chi connectivity index (χ4n) is 2.43. The van der Waals surface area contributed by atoms with Gasteiger partial charge in [0.1, 0.15) is 0 Å². The van der Waals surface area contributed by atoms with E-state index in [2.05, 4.69) is 15.4 Å². The Balaban J connectivity index is 1.54. The molecular formula is C17H17N5O3. The van der Waals surface area contributed by atoms with Gasteiger partial charge >= 0.3 is 0 Å². The molecule has 3 aromatic rings. The molecule has 1 aromatic carbocycles. The Morgan fingerprint density at radius 3 is 2.76 bits per heavy atom. The van der Waals surface area contributed by atoms with Gasteiger partial charge in [-0.3, -0.25) is 19.0 Å². The van der Waals surface area contributed by atoms with Crippen molar-refractivity contribution < 1.29 is 4.79 Å². The molecule has 0 aliphatic rings. The fourth-order valence-corrected chi connectivity index (χ4v) is 2.43. The summed E-state index contributed by atoms with van der Waals surface area (Å²) in [7, 11) is 0. The third-order valence-corrected chi connectivity index (χ3v) is 3.74. The Morgan fingerprint density at radius 1 is 1.08 bits per heavy atom. The van der Waals surface area contributed by atoms with E-state index in [1.54, 1.807) is 24.3 Å². The molecule has 0 saturated carbocycles. The molecule has 1 N–H and O–H groups in total. The van der Waals surface area contributed by atoms with Crippen LogP contribution < -0.4 is 16.4 Å². The summed E-state index contributed by atoms with van der Waals surface area (Å²) < 4.78 is 2.70. The highest BCUT2D eigenvalue weighted by atomic mass is 16.2. The molecule has 0 saturated heterocycles. The number of nitrogens with one attached hydrogen (secondary N) is 1. The van der Waals surface area contributed by atoms with Crippen LogP contribution in [0.1, 0.15) is 6.42 Å². The van der Waals surface area contributed by atoms with E-state index in [-0.39, 0.29) is 30.0 Å². The first kappa shape index (κ1) is 16.6. The van der Waals surface area contributed by atoms with Gasteiger partial charge in [0.2, 0.25) is 5.91 Å². The lowest BCUT2D eigenvalue weighted by molar-refractivity contribution is -0.121. The largest absolute Gasteiger partial charge is 0.354 e. The normalized spacial score (nSPS) is 10.7. The van der Waals surface area contributed by atoms with E-state index in [1.165, 1.54) is 27.8 Å². The number of nitrogens with zero attached hydrogens (tertiary/aromatic N) is 4. The van der Waals surface area contributed by atoms with Crippen LogP contribution in [0.5, 0.6) is 0 Å². The average molecular weight is 339 g/mol. The molecule has 1 amide bonds. The number of amides is 1. The highest BCUT2D eigenvalue weighted by Crippen LogP contribution is 2.04. The second-order valence-corrected chi connectivity index (χ2v) is 5.45. The van der Waals surface area contributed by atoms with E-state index in [0.717, 1.165) is 0 Å². The first-order chi connectivity index (χ1) is 12.1. The van der Waals surface area contributed by atoms with Crippen LogP contribution in [0.15, 0.2) is 58.5 Å². The summed E-state index contributed by atoms with van der Waals surface area (Å²) in [4.78, 5) is 39.9. The van der Waals surface area contributed by atoms with Crippen molar-refractivity contribution in [1.29, 1.82) is 0 Å². The molecule has 0 aliphatic heterocycles. The maximum atomic E-state index is 12.3. The first-order valence-electron chi connectivity index (χ1n) is 7.88. The van der Waals surface area contributed by atoms with E-state index >= 15 is 0 Å². The molecule has 0 unspecified atom stereocenters. The summed E-state index contributed by atoms with van der Waals surface area (Å²) in [5.74, 6) is -0.205. The minimum Gasteiger partial charge on any atom is -0.354 e. The summed E-state index contributed by atoms with van der Waals surface area (Å²) in [6, 6.07) is 10.1. The summed E-state index contributed by atoms with van der Waals surface area (Å²) in [6.07, 6.45) is 3.12. The number of benzene rings is 1. The number of rotatable bonds is 6. The summed E-state index contributed by atoms with van der Waals surface area (Å²) in [5, 5.41) is 7.15. The van der Waals surface area contributed by atoms with E-state index in [0.29, 0.717) is 24.0 Å². The Labute approximate surface area is 142 Å². The number of para-hydroxylation sites is 1. The van der Waals surface area contributed by atoms with Gasteiger partial charge in [-0.25, -0.2) is 9.67 Å². The zero-order valence-corrected chi connectivity index (χ0v) is 13.5. The molecule has 0 aliphatic carbocycles. The maximum absolute atomic E-state index is 12.3. The number of carbonyl (C=O) groups is 1. The van der Waals surface area contributed by atoms with Gasteiger partial charge in [0, 0.05) is 31.8 Å². The van der Waals surface area contributed by atoms with Crippen molar-refractivity contribution in [3.8, 4) is 0 Å². The molecule has 8 heteroatoms. The number of fused-ring (bicyclic) bond motifs is 1. The van der Waals surface area contributed by atoms with Crippen molar-refractivity contribution in [2.75, 3.05) is 6.54 Å². The third-order valence-electron chi connectivity index (χ3n) is 3.74. The summed E-state index contributed by atoms with van der Waals surface area (Å²) in [6.45, 7) is 0.829. The van der Waals surface area contributed by atoms with Crippen molar-refractivity contribution in [3.63, 3.8) is 0 Å². The zero-order valence-electron chi connectivity index (χ0n) is 13.5. The van der Waals surface area contributed by atoms with Crippen molar-refractivity contribution in [1.82, 2.24) is 24.6 Å². The molecule has 25 heavy (non-hydrogen) atoms. The first-order valence-corrected chi connectivity index (χ1v) is 7.88. The van der Waals surface area contributed by atoms with Gasteiger partial charge in [-0.15, -0.1) is 0 Å². The van der Waals surface area contributed by atoms with Gasteiger partial charge in [-0.1, -0.05) is 12.1 Å². The Hall–Kier alpha value is -3.29. The predicted molar refractivity (Wildman–Crippen MR) is 92.1 cm³/mol. The molecule has 3 rings (SSSR count). The highest BCUT2D eigenvalue weighted by Gasteiger charge is 2.06. The molecule has 8 nitrogen and oxygen atoms in total. The molecule has 0 fully saturated rings. The van der Waals surface area contributed by atoms with E-state index in [4.69, 9.17) is 0 Å². The minimum atomic E-state index is -0.217. The van der Waals surface area contributed by atoms with Crippen LogP contribution in [-0.2, 0) is 17.9 Å².